The van der Waals surface area contributed by atoms with Gasteiger partial charge in [-0.05, 0) is 87.9 Å². The fraction of sp³-hybridized carbons (Fsp3) is 0.136. The summed E-state index contributed by atoms with van der Waals surface area (Å²) in [4.78, 5) is 21.7. The van der Waals surface area contributed by atoms with Crippen LogP contribution in [0.3, 0.4) is 0 Å². The molecule has 1 aliphatic heterocycles. The Kier molecular flexibility index (Phi) is 6.80. The highest BCUT2D eigenvalue weighted by molar-refractivity contribution is 8.00. The SMILES string of the molecule is C1=CC2Sc3ccccc3C2C(c2nc(C3=CCCC=C3)nc(-c3ccccc3-c3cc4c(ccc5ccncc54)c4c3C=CCC4)n2)=C1. The predicted octanol–water partition coefficient (Wildman–Crippen LogP) is 10.8. The zero-order valence-electron chi connectivity index (χ0n) is 26.9. The van der Waals surface area contributed by atoms with Crippen molar-refractivity contribution in [3.05, 3.63) is 156 Å². The Balaban J connectivity index is 1.20. The quantitative estimate of drug-likeness (QED) is 0.178. The van der Waals surface area contributed by atoms with E-state index in [9.17, 15) is 0 Å². The van der Waals surface area contributed by atoms with Crippen LogP contribution in [-0.2, 0) is 6.42 Å². The molecule has 0 saturated carbocycles. The monoisotopic (exact) mass is 648 g/mol. The molecule has 6 aromatic rings. The number of aromatic nitrogens is 4. The molecule has 0 fully saturated rings. The summed E-state index contributed by atoms with van der Waals surface area (Å²) in [5.74, 6) is 2.38. The Morgan fingerprint density at radius 2 is 1.55 bits per heavy atom. The molecule has 0 N–H and O–H groups in total. The van der Waals surface area contributed by atoms with Crippen LogP contribution >= 0.6 is 11.8 Å². The number of hydrogen-bond acceptors (Lipinski definition) is 5. The summed E-state index contributed by atoms with van der Waals surface area (Å²) in [6.45, 7) is 0. The van der Waals surface area contributed by atoms with Crippen LogP contribution in [0.5, 0.6) is 0 Å². The zero-order chi connectivity index (χ0) is 32.3. The minimum Gasteiger partial charge on any atom is -0.264 e. The number of allylic oxidation sites excluding steroid dienone is 8. The first kappa shape index (κ1) is 28.6. The lowest BCUT2D eigenvalue weighted by Gasteiger charge is -2.23. The summed E-state index contributed by atoms with van der Waals surface area (Å²) >= 11 is 1.93. The summed E-state index contributed by atoms with van der Waals surface area (Å²) in [5.41, 5.74) is 9.58. The summed E-state index contributed by atoms with van der Waals surface area (Å²) < 4.78 is 0. The molecule has 0 amide bonds. The van der Waals surface area contributed by atoms with Gasteiger partial charge < -0.3 is 0 Å². The molecule has 4 nitrogen and oxygen atoms in total. The third-order valence-corrected chi connectivity index (χ3v) is 11.6. The Morgan fingerprint density at radius 3 is 2.49 bits per heavy atom. The highest BCUT2D eigenvalue weighted by atomic mass is 32.2. The fourth-order valence-electron chi connectivity index (χ4n) is 8.01. The first-order valence-corrected chi connectivity index (χ1v) is 18.0. The van der Waals surface area contributed by atoms with Crippen LogP contribution in [0.15, 0.2) is 133 Å². The van der Waals surface area contributed by atoms with E-state index in [1.807, 2.05) is 24.2 Å². The van der Waals surface area contributed by atoms with E-state index in [0.717, 1.165) is 59.6 Å². The van der Waals surface area contributed by atoms with Crippen LogP contribution in [0.1, 0.15) is 53.5 Å². The van der Waals surface area contributed by atoms with Crippen molar-refractivity contribution in [2.45, 2.75) is 41.7 Å². The van der Waals surface area contributed by atoms with Crippen molar-refractivity contribution in [1.29, 1.82) is 0 Å². The van der Waals surface area contributed by atoms with Crippen molar-refractivity contribution in [1.82, 2.24) is 19.9 Å². The van der Waals surface area contributed by atoms with E-state index < -0.39 is 0 Å². The molecular weight excluding hydrogens is 617 g/mol. The normalized spacial score (nSPS) is 19.0. The van der Waals surface area contributed by atoms with Gasteiger partial charge in [0.25, 0.3) is 0 Å². The zero-order valence-corrected chi connectivity index (χ0v) is 27.7. The maximum absolute atomic E-state index is 5.35. The molecule has 0 saturated heterocycles. The Morgan fingerprint density at radius 1 is 0.694 bits per heavy atom. The van der Waals surface area contributed by atoms with Crippen LogP contribution in [-0.4, -0.2) is 25.2 Å². The van der Waals surface area contributed by atoms with Gasteiger partial charge in [-0.1, -0.05) is 103 Å². The van der Waals surface area contributed by atoms with Crippen molar-refractivity contribution in [3.63, 3.8) is 0 Å². The highest BCUT2D eigenvalue weighted by Crippen LogP contribution is 2.53. The predicted molar refractivity (Wildman–Crippen MR) is 203 cm³/mol. The summed E-state index contributed by atoms with van der Waals surface area (Å²) in [6, 6.07) is 26.4. The number of nitrogens with zero attached hydrogens (tertiary/aromatic N) is 4. The molecule has 3 heterocycles. The number of benzene rings is 4. The molecule has 4 aliphatic rings. The number of aryl methyl sites for hydroxylation is 1. The lowest BCUT2D eigenvalue weighted by atomic mass is 9.83. The summed E-state index contributed by atoms with van der Waals surface area (Å²) in [7, 11) is 0. The second kappa shape index (κ2) is 11.6. The van der Waals surface area contributed by atoms with E-state index in [1.165, 1.54) is 48.7 Å². The van der Waals surface area contributed by atoms with E-state index in [4.69, 9.17) is 15.0 Å². The topological polar surface area (TPSA) is 51.6 Å². The smallest absolute Gasteiger partial charge is 0.164 e. The van der Waals surface area contributed by atoms with Gasteiger partial charge in [-0.25, -0.2) is 15.0 Å². The van der Waals surface area contributed by atoms with Gasteiger partial charge in [-0.15, -0.1) is 11.8 Å². The van der Waals surface area contributed by atoms with Crippen molar-refractivity contribution in [2.24, 2.45) is 0 Å². The Bertz CT molecular complexity index is 2500. The minimum absolute atomic E-state index is 0.194. The van der Waals surface area contributed by atoms with Crippen LogP contribution in [0.4, 0.5) is 0 Å². The van der Waals surface area contributed by atoms with Gasteiger partial charge in [0.05, 0.1) is 0 Å². The number of thioether (sulfide) groups is 1. The molecule has 0 spiro atoms. The molecule has 10 rings (SSSR count). The van der Waals surface area contributed by atoms with Crippen LogP contribution < -0.4 is 0 Å². The molecule has 49 heavy (non-hydrogen) atoms. The van der Waals surface area contributed by atoms with Crippen molar-refractivity contribution < 1.29 is 0 Å². The standard InChI is InChI=1S/C44H32N4S/c1-2-11-28(12-3-1)42-46-43(48-44(47-42)35-18-10-20-40-41(35)34-17-8-9-19-39(34)49-40)33-16-7-6-15-31(33)36-25-37-32(29-13-4-5-14-30(29)36)22-21-27-23-24-45-26-38(27)37/h2,5-12,14-26,40-41H,1,3-4,13H2. The molecular formula is C44H32N4S. The van der Waals surface area contributed by atoms with Crippen LogP contribution in [0, 0.1) is 0 Å². The number of rotatable bonds is 4. The van der Waals surface area contributed by atoms with Gasteiger partial charge in [0.15, 0.2) is 17.5 Å². The molecule has 234 valence electrons. The molecule has 0 radical (unpaired) electrons. The lowest BCUT2D eigenvalue weighted by Crippen LogP contribution is -2.16. The maximum Gasteiger partial charge on any atom is 0.164 e. The van der Waals surface area contributed by atoms with Crippen molar-refractivity contribution >= 4 is 50.5 Å². The van der Waals surface area contributed by atoms with E-state index in [-0.39, 0.29) is 5.92 Å². The van der Waals surface area contributed by atoms with Gasteiger partial charge >= 0.3 is 0 Å². The van der Waals surface area contributed by atoms with E-state index >= 15 is 0 Å². The molecule has 2 atom stereocenters. The summed E-state index contributed by atoms with van der Waals surface area (Å²) in [6.07, 6.45) is 25.9. The minimum atomic E-state index is 0.194. The lowest BCUT2D eigenvalue weighted by molar-refractivity contribution is 0.871. The van der Waals surface area contributed by atoms with Crippen LogP contribution in [0.2, 0.25) is 0 Å². The highest BCUT2D eigenvalue weighted by Gasteiger charge is 2.37. The summed E-state index contributed by atoms with van der Waals surface area (Å²) in [5, 5.41) is 5.25. The van der Waals surface area contributed by atoms with E-state index in [0.29, 0.717) is 11.1 Å². The molecule has 0 bridgehead atoms. The second-order valence-electron chi connectivity index (χ2n) is 13.1. The van der Waals surface area contributed by atoms with E-state index in [1.54, 1.807) is 0 Å². The first-order valence-electron chi connectivity index (χ1n) is 17.2. The van der Waals surface area contributed by atoms with Gasteiger partial charge in [-0.2, -0.15) is 0 Å². The Hall–Kier alpha value is -5.39. The van der Waals surface area contributed by atoms with Crippen LogP contribution in [0.25, 0.3) is 61.3 Å². The van der Waals surface area contributed by atoms with Gasteiger partial charge in [0.1, 0.15) is 0 Å². The molecule has 2 aromatic heterocycles. The molecule has 5 heteroatoms. The molecule has 3 aliphatic carbocycles. The van der Waals surface area contributed by atoms with Gasteiger partial charge in [-0.3, -0.25) is 4.98 Å². The molecule has 4 aromatic carbocycles. The third-order valence-electron chi connectivity index (χ3n) is 10.3. The Labute approximate surface area is 289 Å². The fourth-order valence-corrected chi connectivity index (χ4v) is 9.39. The third kappa shape index (κ3) is 4.75. The first-order chi connectivity index (χ1) is 24.3. The van der Waals surface area contributed by atoms with Crippen molar-refractivity contribution in [3.8, 4) is 22.5 Å². The second-order valence-corrected chi connectivity index (χ2v) is 14.3. The van der Waals surface area contributed by atoms with Gasteiger partial charge in [0, 0.05) is 50.6 Å². The van der Waals surface area contributed by atoms with E-state index in [2.05, 4.69) is 126 Å². The number of fused-ring (bicyclic) bond motifs is 8. The van der Waals surface area contributed by atoms with Gasteiger partial charge in [0.2, 0.25) is 0 Å². The number of hydrogen-bond donors (Lipinski definition) is 0. The largest absolute Gasteiger partial charge is 0.264 e. The average molecular weight is 649 g/mol. The number of pyridine rings is 1. The maximum atomic E-state index is 5.35. The molecule has 2 unspecified atom stereocenters. The average Bonchev–Trinajstić information content (AvgIpc) is 3.57. The van der Waals surface area contributed by atoms with Crippen molar-refractivity contribution in [2.75, 3.05) is 0 Å².